The van der Waals surface area contributed by atoms with Crippen molar-refractivity contribution in [2.75, 3.05) is 25.0 Å². The van der Waals surface area contributed by atoms with Gasteiger partial charge in [-0.05, 0) is 48.9 Å². The summed E-state index contributed by atoms with van der Waals surface area (Å²) in [4.78, 5) is 11.2. The SMILES string of the molecule is Cc1cncn1-c1ccc(Nc2ccc3c(n2)OC(c2ccccc2)CN(CCO)C3)cc1. The number of hydrogen-bond acceptors (Lipinski definition) is 6. The number of β-amino-alcohol motifs (C(OH)–C–C–N with tert-alkyl or cyclic N) is 1. The molecule has 0 spiro atoms. The van der Waals surface area contributed by atoms with E-state index in [1.807, 2.05) is 66.5 Å². The summed E-state index contributed by atoms with van der Waals surface area (Å²) < 4.78 is 8.44. The molecular weight excluding hydrogens is 414 g/mol. The third kappa shape index (κ3) is 4.74. The fourth-order valence-corrected chi connectivity index (χ4v) is 4.11. The summed E-state index contributed by atoms with van der Waals surface area (Å²) in [5.74, 6) is 1.35. The summed E-state index contributed by atoms with van der Waals surface area (Å²) >= 11 is 0. The number of aliphatic hydroxyl groups excluding tert-OH is 1. The lowest BCUT2D eigenvalue weighted by atomic mass is 10.1. The van der Waals surface area contributed by atoms with Crippen molar-refractivity contribution in [1.82, 2.24) is 19.4 Å². The fraction of sp³-hybridized carbons (Fsp3) is 0.231. The summed E-state index contributed by atoms with van der Waals surface area (Å²) in [6.45, 7) is 4.11. The van der Waals surface area contributed by atoms with Crippen LogP contribution in [0.2, 0.25) is 0 Å². The molecule has 168 valence electrons. The van der Waals surface area contributed by atoms with Crippen LogP contribution >= 0.6 is 0 Å². The van der Waals surface area contributed by atoms with Crippen LogP contribution in [0, 0.1) is 6.92 Å². The first-order valence-corrected chi connectivity index (χ1v) is 11.1. The molecule has 5 rings (SSSR count). The van der Waals surface area contributed by atoms with Crippen LogP contribution in [0.15, 0.2) is 79.3 Å². The van der Waals surface area contributed by atoms with Crippen LogP contribution in [0.3, 0.4) is 0 Å². The minimum absolute atomic E-state index is 0.110. The van der Waals surface area contributed by atoms with Gasteiger partial charge < -0.3 is 19.7 Å². The molecule has 33 heavy (non-hydrogen) atoms. The van der Waals surface area contributed by atoms with Crippen LogP contribution in [0.5, 0.6) is 5.88 Å². The third-order valence-electron chi connectivity index (χ3n) is 5.84. The van der Waals surface area contributed by atoms with E-state index in [0.29, 0.717) is 25.5 Å². The van der Waals surface area contributed by atoms with E-state index in [4.69, 9.17) is 9.72 Å². The number of ether oxygens (including phenoxy) is 1. The minimum atomic E-state index is -0.153. The molecule has 2 aromatic heterocycles. The number of aryl methyl sites for hydroxylation is 1. The van der Waals surface area contributed by atoms with E-state index in [2.05, 4.69) is 39.5 Å². The molecule has 0 aliphatic carbocycles. The molecule has 2 N–H and O–H groups in total. The van der Waals surface area contributed by atoms with E-state index in [9.17, 15) is 5.11 Å². The predicted octanol–water partition coefficient (Wildman–Crippen LogP) is 4.25. The largest absolute Gasteiger partial charge is 0.468 e. The van der Waals surface area contributed by atoms with Crippen LogP contribution in [0.1, 0.15) is 22.9 Å². The van der Waals surface area contributed by atoms with Gasteiger partial charge >= 0.3 is 0 Å². The molecule has 7 nitrogen and oxygen atoms in total. The number of nitrogens with one attached hydrogen (secondary N) is 1. The second kappa shape index (κ2) is 9.44. The Kier molecular flexibility index (Phi) is 6.06. The van der Waals surface area contributed by atoms with Crippen molar-refractivity contribution < 1.29 is 9.84 Å². The Labute approximate surface area is 193 Å². The lowest BCUT2D eigenvalue weighted by Crippen LogP contribution is -2.30. The number of aliphatic hydroxyl groups is 1. The zero-order chi connectivity index (χ0) is 22.6. The van der Waals surface area contributed by atoms with Gasteiger partial charge in [0.05, 0.1) is 12.9 Å². The number of nitrogens with zero attached hydrogens (tertiary/aromatic N) is 4. The second-order valence-corrected chi connectivity index (χ2v) is 8.21. The number of aromatic nitrogens is 3. The van der Waals surface area contributed by atoms with Gasteiger partial charge in [0.15, 0.2) is 0 Å². The average Bonchev–Trinajstić information content (AvgIpc) is 3.18. The Bertz CT molecular complexity index is 1210. The molecule has 1 atom stereocenters. The summed E-state index contributed by atoms with van der Waals surface area (Å²) in [6, 6.07) is 22.3. The van der Waals surface area contributed by atoms with Gasteiger partial charge in [-0.2, -0.15) is 4.98 Å². The number of hydrogen-bond donors (Lipinski definition) is 2. The van der Waals surface area contributed by atoms with Crippen LogP contribution < -0.4 is 10.1 Å². The molecule has 1 aliphatic rings. The van der Waals surface area contributed by atoms with Crippen molar-refractivity contribution in [2.45, 2.75) is 19.6 Å². The molecule has 0 bridgehead atoms. The van der Waals surface area contributed by atoms with Crippen LogP contribution in [0.25, 0.3) is 5.69 Å². The van der Waals surface area contributed by atoms with Gasteiger partial charge in [0.25, 0.3) is 0 Å². The van der Waals surface area contributed by atoms with Crippen molar-refractivity contribution in [1.29, 1.82) is 0 Å². The molecule has 0 radical (unpaired) electrons. The zero-order valence-corrected chi connectivity index (χ0v) is 18.6. The molecule has 4 aromatic rings. The third-order valence-corrected chi connectivity index (χ3v) is 5.84. The van der Waals surface area contributed by atoms with E-state index in [1.165, 1.54) is 0 Å². The maximum Gasteiger partial charge on any atom is 0.220 e. The highest BCUT2D eigenvalue weighted by atomic mass is 16.5. The molecule has 0 saturated heterocycles. The highest BCUT2D eigenvalue weighted by Crippen LogP contribution is 2.31. The molecule has 7 heteroatoms. The molecule has 3 heterocycles. The van der Waals surface area contributed by atoms with Crippen molar-refractivity contribution in [3.05, 3.63) is 96.1 Å². The molecular formula is C26H27N5O2. The lowest BCUT2D eigenvalue weighted by Gasteiger charge is -2.23. The maximum atomic E-state index is 9.51. The fourth-order valence-electron chi connectivity index (χ4n) is 4.11. The van der Waals surface area contributed by atoms with Crippen molar-refractivity contribution >= 4 is 11.5 Å². The Morgan fingerprint density at radius 2 is 1.88 bits per heavy atom. The molecule has 0 fully saturated rings. The van der Waals surface area contributed by atoms with Gasteiger partial charge in [0, 0.05) is 48.5 Å². The van der Waals surface area contributed by atoms with E-state index in [1.54, 1.807) is 0 Å². The Balaban J connectivity index is 1.38. The van der Waals surface area contributed by atoms with Gasteiger partial charge in [-0.25, -0.2) is 4.98 Å². The van der Waals surface area contributed by atoms with E-state index in [0.717, 1.165) is 34.0 Å². The monoisotopic (exact) mass is 441 g/mol. The van der Waals surface area contributed by atoms with Gasteiger partial charge in [0.1, 0.15) is 11.9 Å². The number of benzene rings is 2. The van der Waals surface area contributed by atoms with Crippen LogP contribution in [-0.2, 0) is 6.54 Å². The highest BCUT2D eigenvalue weighted by molar-refractivity contribution is 5.59. The van der Waals surface area contributed by atoms with Gasteiger partial charge in [-0.15, -0.1) is 0 Å². The van der Waals surface area contributed by atoms with Crippen LogP contribution in [0.4, 0.5) is 11.5 Å². The zero-order valence-electron chi connectivity index (χ0n) is 18.6. The standard InChI is InChI=1S/C26H27N5O2/c1-19-15-27-18-31(19)23-10-8-22(9-11-23)28-25-12-7-21-16-30(13-14-32)17-24(33-26(21)29-25)20-5-3-2-4-6-20/h2-12,15,18,24,32H,13-14,16-17H2,1H3,(H,28,29). The first-order valence-electron chi connectivity index (χ1n) is 11.1. The lowest BCUT2D eigenvalue weighted by molar-refractivity contribution is 0.126. The predicted molar refractivity (Wildman–Crippen MR) is 128 cm³/mol. The number of imidazole rings is 1. The van der Waals surface area contributed by atoms with Crippen LogP contribution in [-0.4, -0.2) is 44.2 Å². The second-order valence-electron chi connectivity index (χ2n) is 8.21. The first kappa shape index (κ1) is 21.2. The number of pyridine rings is 1. The molecule has 1 aliphatic heterocycles. The minimum Gasteiger partial charge on any atom is -0.468 e. The molecule has 2 aromatic carbocycles. The molecule has 0 saturated carbocycles. The highest BCUT2D eigenvalue weighted by Gasteiger charge is 2.25. The van der Waals surface area contributed by atoms with Gasteiger partial charge in [-0.1, -0.05) is 30.3 Å². The Morgan fingerprint density at radius 3 is 2.61 bits per heavy atom. The number of fused-ring (bicyclic) bond motifs is 1. The topological polar surface area (TPSA) is 75.4 Å². The van der Waals surface area contributed by atoms with E-state index < -0.39 is 0 Å². The molecule has 0 amide bonds. The smallest absolute Gasteiger partial charge is 0.220 e. The number of anilines is 2. The normalized spacial score (nSPS) is 16.0. The summed E-state index contributed by atoms with van der Waals surface area (Å²) in [5, 5.41) is 12.9. The molecule has 1 unspecified atom stereocenters. The van der Waals surface area contributed by atoms with E-state index in [-0.39, 0.29) is 12.7 Å². The Morgan fingerprint density at radius 1 is 1.06 bits per heavy atom. The number of rotatable bonds is 6. The maximum absolute atomic E-state index is 9.51. The Hall–Kier alpha value is -3.68. The summed E-state index contributed by atoms with van der Waals surface area (Å²) in [6.07, 6.45) is 3.50. The van der Waals surface area contributed by atoms with Crippen molar-refractivity contribution in [3.8, 4) is 11.6 Å². The van der Waals surface area contributed by atoms with Crippen molar-refractivity contribution in [3.63, 3.8) is 0 Å². The average molecular weight is 442 g/mol. The van der Waals surface area contributed by atoms with Crippen molar-refractivity contribution in [2.24, 2.45) is 0 Å². The van der Waals surface area contributed by atoms with E-state index >= 15 is 0 Å². The quantitative estimate of drug-likeness (QED) is 0.466. The van der Waals surface area contributed by atoms with Gasteiger partial charge in [0.2, 0.25) is 5.88 Å². The summed E-state index contributed by atoms with van der Waals surface area (Å²) in [7, 11) is 0. The summed E-state index contributed by atoms with van der Waals surface area (Å²) in [5.41, 5.74) is 5.20. The van der Waals surface area contributed by atoms with Gasteiger partial charge in [-0.3, -0.25) is 4.90 Å². The first-order chi connectivity index (χ1) is 16.2.